The number of fused-ring (bicyclic) bond motifs is 1. The third-order valence-corrected chi connectivity index (χ3v) is 5.18. The first kappa shape index (κ1) is 21.8. The Bertz CT molecular complexity index is 890. The molecule has 0 spiro atoms. The molecule has 27 heavy (non-hydrogen) atoms. The lowest BCUT2D eigenvalue weighted by Crippen LogP contribution is -2.47. The van der Waals surface area contributed by atoms with Gasteiger partial charge in [0, 0.05) is 12.5 Å². The lowest BCUT2D eigenvalue weighted by atomic mass is 10.1. The predicted molar refractivity (Wildman–Crippen MR) is 119 cm³/mol. The van der Waals surface area contributed by atoms with Crippen LogP contribution in [-0.4, -0.2) is 41.8 Å². The topological polar surface area (TPSA) is 60.5 Å². The molecule has 1 aromatic heterocycles. The van der Waals surface area contributed by atoms with Crippen molar-refractivity contribution in [1.82, 2.24) is 10.3 Å². The fourth-order valence-electron chi connectivity index (χ4n) is 2.42. The van der Waals surface area contributed by atoms with Crippen molar-refractivity contribution in [1.29, 1.82) is 0 Å². The third kappa shape index (κ3) is 5.99. The molecule has 0 saturated carbocycles. The van der Waals surface area contributed by atoms with Crippen LogP contribution in [0.15, 0.2) is 24.3 Å². The van der Waals surface area contributed by atoms with Crippen LogP contribution in [0.5, 0.6) is 5.88 Å². The van der Waals surface area contributed by atoms with Gasteiger partial charge in [0.1, 0.15) is 6.61 Å². The minimum atomic E-state index is -0.726. The smallest absolute Gasteiger partial charge is 0.272 e. The highest BCUT2D eigenvalue weighted by Crippen LogP contribution is 2.27. The summed E-state index contributed by atoms with van der Waals surface area (Å²) in [6.07, 6.45) is 1.83. The first-order valence-electron chi connectivity index (χ1n) is 8.33. The van der Waals surface area contributed by atoms with E-state index in [-0.39, 0.29) is 5.91 Å². The minimum absolute atomic E-state index is 0.248. The SMILES string of the molecule is COCC#CC(C)(C)NC(=O)C(Oc1nc2c(C)cccc2cc1I)SC. The van der Waals surface area contributed by atoms with E-state index in [9.17, 15) is 4.79 Å². The summed E-state index contributed by atoms with van der Waals surface area (Å²) in [5, 5.41) is 3.96. The first-order valence-corrected chi connectivity index (χ1v) is 10.7. The standard InChI is InChI=1S/C20H23IN2O3S/c1-13-8-6-9-14-12-15(21)18(22-16(13)14)26-19(27-5)17(24)23-20(2,3)10-7-11-25-4/h6,8-9,12,19H,11H2,1-5H3,(H,23,24). The molecular weight excluding hydrogens is 475 g/mol. The van der Waals surface area contributed by atoms with E-state index in [2.05, 4.69) is 44.7 Å². The molecule has 0 aliphatic carbocycles. The van der Waals surface area contributed by atoms with Crippen molar-refractivity contribution < 1.29 is 14.3 Å². The molecule has 2 rings (SSSR count). The zero-order valence-corrected chi connectivity index (χ0v) is 19.0. The molecule has 1 amide bonds. The number of ether oxygens (including phenoxy) is 2. The van der Waals surface area contributed by atoms with Gasteiger partial charge in [0.25, 0.3) is 5.91 Å². The number of nitrogens with one attached hydrogen (secondary N) is 1. The lowest BCUT2D eigenvalue weighted by molar-refractivity contribution is -0.125. The van der Waals surface area contributed by atoms with Crippen molar-refractivity contribution in [3.8, 4) is 17.7 Å². The maximum Gasteiger partial charge on any atom is 0.272 e. The van der Waals surface area contributed by atoms with E-state index in [0.29, 0.717) is 12.5 Å². The van der Waals surface area contributed by atoms with E-state index in [1.807, 2.05) is 51.3 Å². The Labute approximate surface area is 178 Å². The van der Waals surface area contributed by atoms with Crippen LogP contribution in [0, 0.1) is 22.3 Å². The minimum Gasteiger partial charge on any atom is -0.452 e. The van der Waals surface area contributed by atoms with Gasteiger partial charge < -0.3 is 14.8 Å². The number of rotatable bonds is 6. The Kier molecular flexibility index (Phi) is 7.77. The number of hydrogen-bond acceptors (Lipinski definition) is 5. The number of amides is 1. The zero-order chi connectivity index (χ0) is 20.0. The molecule has 7 heteroatoms. The van der Waals surface area contributed by atoms with E-state index < -0.39 is 11.0 Å². The molecule has 144 valence electrons. The molecule has 0 saturated heterocycles. The largest absolute Gasteiger partial charge is 0.452 e. The first-order chi connectivity index (χ1) is 12.8. The Morgan fingerprint density at radius 3 is 2.85 bits per heavy atom. The van der Waals surface area contributed by atoms with Crippen molar-refractivity contribution in [3.05, 3.63) is 33.4 Å². The average Bonchev–Trinajstić information content (AvgIpc) is 2.60. The van der Waals surface area contributed by atoms with Crippen LogP contribution in [0.2, 0.25) is 0 Å². The van der Waals surface area contributed by atoms with Crippen LogP contribution in [0.4, 0.5) is 0 Å². The van der Waals surface area contributed by atoms with Gasteiger partial charge in [-0.1, -0.05) is 30.0 Å². The van der Waals surface area contributed by atoms with Gasteiger partial charge in [-0.25, -0.2) is 4.98 Å². The predicted octanol–water partition coefficient (Wildman–Crippen LogP) is 3.76. The van der Waals surface area contributed by atoms with Gasteiger partial charge in [0.2, 0.25) is 11.3 Å². The van der Waals surface area contributed by atoms with Gasteiger partial charge in [-0.3, -0.25) is 4.79 Å². The number of halogens is 1. The van der Waals surface area contributed by atoms with Crippen molar-refractivity contribution in [2.75, 3.05) is 20.0 Å². The van der Waals surface area contributed by atoms with Crippen molar-refractivity contribution >= 4 is 51.2 Å². The fourth-order valence-corrected chi connectivity index (χ4v) is 3.47. The summed E-state index contributed by atoms with van der Waals surface area (Å²) in [5.74, 6) is 6.07. The van der Waals surface area contributed by atoms with Crippen LogP contribution in [0.1, 0.15) is 19.4 Å². The van der Waals surface area contributed by atoms with Crippen molar-refractivity contribution in [2.24, 2.45) is 0 Å². The third-order valence-electron chi connectivity index (χ3n) is 3.67. The van der Waals surface area contributed by atoms with Gasteiger partial charge in [0.05, 0.1) is 14.6 Å². The van der Waals surface area contributed by atoms with Crippen molar-refractivity contribution in [3.63, 3.8) is 0 Å². The normalized spacial score (nSPS) is 12.2. The Morgan fingerprint density at radius 2 is 2.19 bits per heavy atom. The van der Waals surface area contributed by atoms with E-state index in [1.165, 1.54) is 11.8 Å². The average molecular weight is 498 g/mol. The van der Waals surface area contributed by atoms with Gasteiger partial charge >= 0.3 is 0 Å². The van der Waals surface area contributed by atoms with E-state index >= 15 is 0 Å². The number of benzene rings is 1. The van der Waals surface area contributed by atoms with Gasteiger partial charge in [-0.05, 0) is 61.2 Å². The molecule has 0 aliphatic rings. The van der Waals surface area contributed by atoms with Crippen LogP contribution >= 0.6 is 34.4 Å². The maximum atomic E-state index is 12.7. The number of hydrogen-bond donors (Lipinski definition) is 1. The second kappa shape index (κ2) is 9.62. The monoisotopic (exact) mass is 498 g/mol. The Morgan fingerprint density at radius 1 is 1.44 bits per heavy atom. The molecule has 1 aromatic carbocycles. The van der Waals surface area contributed by atoms with E-state index in [1.54, 1.807) is 7.11 Å². The van der Waals surface area contributed by atoms with Crippen LogP contribution in [0.3, 0.4) is 0 Å². The molecule has 0 bridgehead atoms. The number of carbonyl (C=O) groups excluding carboxylic acids is 1. The molecule has 0 aliphatic heterocycles. The molecule has 5 nitrogen and oxygen atoms in total. The van der Waals surface area contributed by atoms with E-state index in [4.69, 9.17) is 9.47 Å². The summed E-state index contributed by atoms with van der Waals surface area (Å²) >= 11 is 3.49. The van der Waals surface area contributed by atoms with Crippen LogP contribution in [0.25, 0.3) is 10.9 Å². The van der Waals surface area contributed by atoms with Crippen LogP contribution in [-0.2, 0) is 9.53 Å². The summed E-state index contributed by atoms with van der Waals surface area (Å²) in [7, 11) is 1.58. The summed E-state index contributed by atoms with van der Waals surface area (Å²) in [5.41, 5.74) is 0.524. The second-order valence-electron chi connectivity index (χ2n) is 6.46. The van der Waals surface area contributed by atoms with Crippen LogP contribution < -0.4 is 10.1 Å². The molecule has 1 unspecified atom stereocenters. The molecule has 1 atom stereocenters. The number of carbonyl (C=O) groups is 1. The Hall–Kier alpha value is -1.50. The van der Waals surface area contributed by atoms with Gasteiger partial charge in [-0.15, -0.1) is 11.8 Å². The summed E-state index contributed by atoms with van der Waals surface area (Å²) < 4.78 is 11.7. The highest BCUT2D eigenvalue weighted by Gasteiger charge is 2.26. The Balaban J connectivity index is 2.20. The highest BCUT2D eigenvalue weighted by atomic mass is 127. The van der Waals surface area contributed by atoms with Gasteiger partial charge in [0.15, 0.2) is 0 Å². The number of aryl methyl sites for hydroxylation is 1. The van der Waals surface area contributed by atoms with E-state index in [0.717, 1.165) is 20.0 Å². The number of pyridine rings is 1. The van der Waals surface area contributed by atoms with Crippen molar-refractivity contribution in [2.45, 2.75) is 31.7 Å². The molecule has 2 aromatic rings. The summed E-state index contributed by atoms with van der Waals surface area (Å²) in [6, 6.07) is 8.04. The number of methoxy groups -OCH3 is 1. The highest BCUT2D eigenvalue weighted by molar-refractivity contribution is 14.1. The number of nitrogens with zero attached hydrogens (tertiary/aromatic N) is 1. The number of para-hydroxylation sites is 1. The van der Waals surface area contributed by atoms with Gasteiger partial charge in [-0.2, -0.15) is 0 Å². The molecule has 1 N–H and O–H groups in total. The fraction of sp³-hybridized carbons (Fsp3) is 0.400. The molecular formula is C20H23IN2O3S. The second-order valence-corrected chi connectivity index (χ2v) is 8.52. The number of aromatic nitrogens is 1. The molecule has 1 heterocycles. The lowest BCUT2D eigenvalue weighted by Gasteiger charge is -2.24. The number of thioether (sulfide) groups is 1. The maximum absolute atomic E-state index is 12.7. The quantitative estimate of drug-likeness (QED) is 0.374. The summed E-state index contributed by atoms with van der Waals surface area (Å²) in [4.78, 5) is 17.3. The summed E-state index contributed by atoms with van der Waals surface area (Å²) in [6.45, 7) is 6.00. The molecule has 0 fully saturated rings. The zero-order valence-electron chi connectivity index (χ0n) is 16.1. The molecule has 0 radical (unpaired) electrons.